The molecule has 0 N–H and O–H groups in total. The van der Waals surface area contributed by atoms with Crippen molar-refractivity contribution in [2.45, 2.75) is 0 Å². The third-order valence-electron chi connectivity index (χ3n) is 0. The molecular formula is B2Pd3. The first kappa shape index (κ1) is 59.4. The van der Waals surface area contributed by atoms with Crippen LogP contribution in [-0.2, 0) is 61.3 Å². The molecule has 5 heteroatoms. The van der Waals surface area contributed by atoms with E-state index in [1.807, 2.05) is 0 Å². The van der Waals surface area contributed by atoms with Crippen LogP contribution in [0, 0.1) is 0 Å². The summed E-state index contributed by atoms with van der Waals surface area (Å²) < 4.78 is 0. The van der Waals surface area contributed by atoms with Gasteiger partial charge >= 0.3 is 0 Å². The van der Waals surface area contributed by atoms with Gasteiger partial charge < -0.3 is 0 Å². The molecule has 0 aliphatic carbocycles. The molecule has 0 saturated heterocycles. The summed E-state index contributed by atoms with van der Waals surface area (Å²) >= 11 is 0. The Morgan fingerprint density at radius 1 is 0.400 bits per heavy atom. The number of hydrogen-bond acceptors (Lipinski definition) is 0. The molecule has 0 aromatic carbocycles. The van der Waals surface area contributed by atoms with Gasteiger partial charge in [0.25, 0.3) is 0 Å². The average Bonchev–Trinajstić information content (AvgIpc) is 0. The van der Waals surface area contributed by atoms with Crippen molar-refractivity contribution in [3.8, 4) is 0 Å². The van der Waals surface area contributed by atoms with E-state index >= 15 is 0 Å². The third-order valence-corrected chi connectivity index (χ3v) is 0. The molecule has 36 valence electrons. The van der Waals surface area contributed by atoms with E-state index in [2.05, 4.69) is 0 Å². The van der Waals surface area contributed by atoms with Crippen LogP contribution in [0.25, 0.3) is 0 Å². The molecule has 0 heterocycles. The molecule has 0 nitrogen and oxygen atoms in total. The molecule has 6 radical (unpaired) electrons. The Balaban J connectivity index is 0. The van der Waals surface area contributed by atoms with E-state index < -0.39 is 0 Å². The molecule has 0 amide bonds. The van der Waals surface area contributed by atoms with Gasteiger partial charge in [-0.25, -0.2) is 0 Å². The van der Waals surface area contributed by atoms with Gasteiger partial charge in [-0.2, -0.15) is 0 Å². The van der Waals surface area contributed by atoms with E-state index in [9.17, 15) is 0 Å². The molecule has 5 heavy (non-hydrogen) atoms. The summed E-state index contributed by atoms with van der Waals surface area (Å²) in [4.78, 5) is 0. The zero-order valence-corrected chi connectivity index (χ0v) is 6.77. The van der Waals surface area contributed by atoms with Crippen LogP contribution in [0.2, 0.25) is 0 Å². The monoisotopic (exact) mass is 340 g/mol. The molecule has 0 aromatic heterocycles. The van der Waals surface area contributed by atoms with Crippen LogP contribution >= 0.6 is 0 Å². The Morgan fingerprint density at radius 3 is 0.400 bits per heavy atom. The molecule has 0 aliphatic heterocycles. The maximum Gasteiger partial charge on any atom is 0 e. The fraction of sp³-hybridized carbons (Fsp3) is 0. The minimum Gasteiger partial charge on any atom is 0 e. The molecule has 0 spiro atoms. The van der Waals surface area contributed by atoms with Crippen molar-refractivity contribution in [1.29, 1.82) is 0 Å². The Bertz CT molecular complexity index is 4.85. The Labute approximate surface area is 77.4 Å². The Hall–Kier alpha value is 2.12. The van der Waals surface area contributed by atoms with Crippen molar-refractivity contribution in [2.75, 3.05) is 0 Å². The molecular weight excluding hydrogens is 341 g/mol. The Kier molecular flexibility index (Phi) is 425. The van der Waals surface area contributed by atoms with Crippen molar-refractivity contribution >= 4 is 16.8 Å². The van der Waals surface area contributed by atoms with Gasteiger partial charge in [-0.3, -0.25) is 0 Å². The van der Waals surface area contributed by atoms with Gasteiger partial charge in [0.2, 0.25) is 0 Å². The summed E-state index contributed by atoms with van der Waals surface area (Å²) in [5.74, 6) is 0. The number of hydrogen-bond donors (Lipinski definition) is 0. The maximum atomic E-state index is 0. The summed E-state index contributed by atoms with van der Waals surface area (Å²) in [7, 11) is 0. The first-order valence-corrected chi connectivity index (χ1v) is 0. The minimum absolute atomic E-state index is 0. The maximum absolute atomic E-state index is 0. The molecule has 0 unspecified atom stereocenters. The van der Waals surface area contributed by atoms with Crippen LogP contribution in [0.15, 0.2) is 0 Å². The molecule has 0 aromatic rings. The van der Waals surface area contributed by atoms with Gasteiger partial charge in [0.05, 0.1) is 0 Å². The van der Waals surface area contributed by atoms with E-state index in [0.29, 0.717) is 0 Å². The number of rotatable bonds is 0. The first-order valence-electron chi connectivity index (χ1n) is 0. The topological polar surface area (TPSA) is 0 Å². The SMILES string of the molecule is [B].[B].[Pd].[Pd].[Pd]. The molecule has 0 atom stereocenters. The smallest absolute Gasteiger partial charge is 0 e. The van der Waals surface area contributed by atoms with Gasteiger partial charge in [0, 0.05) is 78.1 Å². The van der Waals surface area contributed by atoms with E-state index in [4.69, 9.17) is 0 Å². The van der Waals surface area contributed by atoms with E-state index in [-0.39, 0.29) is 78.1 Å². The van der Waals surface area contributed by atoms with Gasteiger partial charge in [-0.05, 0) is 0 Å². The van der Waals surface area contributed by atoms with Crippen molar-refractivity contribution in [2.24, 2.45) is 0 Å². The van der Waals surface area contributed by atoms with Crippen molar-refractivity contribution < 1.29 is 61.3 Å². The summed E-state index contributed by atoms with van der Waals surface area (Å²) in [6.45, 7) is 0. The third kappa shape index (κ3) is 23.1. The van der Waals surface area contributed by atoms with E-state index in [0.717, 1.165) is 0 Å². The molecule has 0 fully saturated rings. The zero-order valence-electron chi connectivity index (χ0n) is 2.10. The first-order chi connectivity index (χ1) is 0. The second-order valence-corrected chi connectivity index (χ2v) is 0. The molecule has 0 bridgehead atoms. The summed E-state index contributed by atoms with van der Waals surface area (Å²) in [5.41, 5.74) is 0. The minimum atomic E-state index is 0. The van der Waals surface area contributed by atoms with Crippen LogP contribution in [0.5, 0.6) is 0 Å². The van der Waals surface area contributed by atoms with Gasteiger partial charge in [0.1, 0.15) is 0 Å². The zero-order chi connectivity index (χ0) is 0. The van der Waals surface area contributed by atoms with Crippen molar-refractivity contribution in [3.63, 3.8) is 0 Å². The summed E-state index contributed by atoms with van der Waals surface area (Å²) in [5, 5.41) is 0. The Morgan fingerprint density at radius 2 is 0.400 bits per heavy atom. The van der Waals surface area contributed by atoms with Crippen LogP contribution in [0.3, 0.4) is 0 Å². The summed E-state index contributed by atoms with van der Waals surface area (Å²) in [6.07, 6.45) is 0. The standard InChI is InChI=1S/2B.3Pd. The molecule has 0 saturated carbocycles. The van der Waals surface area contributed by atoms with Crippen LogP contribution in [0.1, 0.15) is 0 Å². The van der Waals surface area contributed by atoms with Crippen LogP contribution in [0.4, 0.5) is 0 Å². The van der Waals surface area contributed by atoms with Crippen molar-refractivity contribution in [3.05, 3.63) is 0 Å². The second kappa shape index (κ2) is 35.7. The van der Waals surface area contributed by atoms with Crippen LogP contribution in [-0.4, -0.2) is 16.8 Å². The predicted molar refractivity (Wildman–Crippen MR) is 11.5 cm³/mol. The fourth-order valence-corrected chi connectivity index (χ4v) is 0. The largest absolute Gasteiger partial charge is 0 e. The predicted octanol–water partition coefficient (Wildman–Crippen LogP) is -0.769. The van der Waals surface area contributed by atoms with E-state index in [1.54, 1.807) is 0 Å². The summed E-state index contributed by atoms with van der Waals surface area (Å²) in [6, 6.07) is 0. The van der Waals surface area contributed by atoms with Crippen molar-refractivity contribution in [1.82, 2.24) is 0 Å². The van der Waals surface area contributed by atoms with Gasteiger partial charge in [-0.15, -0.1) is 0 Å². The molecule has 0 aliphatic rings. The average molecular weight is 341 g/mol. The van der Waals surface area contributed by atoms with Crippen LogP contribution < -0.4 is 0 Å². The normalized spacial score (nSPS) is 0. The van der Waals surface area contributed by atoms with Gasteiger partial charge in [-0.1, -0.05) is 0 Å². The van der Waals surface area contributed by atoms with E-state index in [1.165, 1.54) is 0 Å². The fourth-order valence-electron chi connectivity index (χ4n) is 0. The second-order valence-electron chi connectivity index (χ2n) is 0. The van der Waals surface area contributed by atoms with Gasteiger partial charge in [0.15, 0.2) is 0 Å². The quantitative estimate of drug-likeness (QED) is 0.508. The molecule has 0 rings (SSSR count).